The zero-order valence-electron chi connectivity index (χ0n) is 17.0. The molecule has 0 aromatic heterocycles. The van der Waals surface area contributed by atoms with Crippen molar-refractivity contribution in [3.63, 3.8) is 0 Å². The standard InChI is InChI=1S/C22H20FNO6S/c1-28-16-7-4-5-8-17(16)30-19-10-6-9-18(29-2)21(19)24-22(25)14-11-12-15(23)20(13-14)31(3,26)27/h4-13H,1-3H3,(H,24,25). The van der Waals surface area contributed by atoms with Crippen LogP contribution >= 0.6 is 0 Å². The topological polar surface area (TPSA) is 90.9 Å². The maximum atomic E-state index is 13.9. The summed E-state index contributed by atoms with van der Waals surface area (Å²) in [5.74, 6) is -0.126. The molecule has 0 radical (unpaired) electrons. The maximum absolute atomic E-state index is 13.9. The second-order valence-corrected chi connectivity index (χ2v) is 8.44. The molecule has 0 bridgehead atoms. The number of hydrogen-bond donors (Lipinski definition) is 1. The molecule has 162 valence electrons. The van der Waals surface area contributed by atoms with Crippen LogP contribution in [0.25, 0.3) is 0 Å². The van der Waals surface area contributed by atoms with Gasteiger partial charge in [-0.3, -0.25) is 4.79 Å². The van der Waals surface area contributed by atoms with E-state index in [-0.39, 0.29) is 17.0 Å². The van der Waals surface area contributed by atoms with E-state index in [1.54, 1.807) is 42.5 Å². The second-order valence-electron chi connectivity index (χ2n) is 6.46. The zero-order valence-corrected chi connectivity index (χ0v) is 17.8. The lowest BCUT2D eigenvalue weighted by atomic mass is 10.2. The summed E-state index contributed by atoms with van der Waals surface area (Å²) in [7, 11) is -0.918. The minimum absolute atomic E-state index is 0.0454. The van der Waals surface area contributed by atoms with Crippen molar-refractivity contribution in [2.45, 2.75) is 4.90 Å². The molecular formula is C22H20FNO6S. The normalized spacial score (nSPS) is 11.0. The quantitative estimate of drug-likeness (QED) is 0.583. The minimum atomic E-state index is -3.85. The van der Waals surface area contributed by atoms with E-state index in [4.69, 9.17) is 14.2 Å². The van der Waals surface area contributed by atoms with Gasteiger partial charge in [0, 0.05) is 11.8 Å². The molecule has 3 rings (SSSR count). The van der Waals surface area contributed by atoms with E-state index in [2.05, 4.69) is 5.32 Å². The summed E-state index contributed by atoms with van der Waals surface area (Å²) in [5.41, 5.74) is 0.169. The monoisotopic (exact) mass is 445 g/mol. The Morgan fingerprint density at radius 3 is 2.13 bits per heavy atom. The van der Waals surface area contributed by atoms with Crippen LogP contribution in [-0.2, 0) is 9.84 Å². The number of carbonyl (C=O) groups is 1. The van der Waals surface area contributed by atoms with Crippen LogP contribution in [0.4, 0.5) is 10.1 Å². The fourth-order valence-corrected chi connectivity index (χ4v) is 3.59. The van der Waals surface area contributed by atoms with Crippen molar-refractivity contribution < 1.29 is 31.8 Å². The summed E-state index contributed by atoms with van der Waals surface area (Å²) in [6, 6.07) is 15.0. The summed E-state index contributed by atoms with van der Waals surface area (Å²) in [5, 5.41) is 2.66. The highest BCUT2D eigenvalue weighted by Crippen LogP contribution is 2.40. The first kappa shape index (κ1) is 22.1. The molecule has 0 aliphatic carbocycles. The van der Waals surface area contributed by atoms with Gasteiger partial charge in [0.2, 0.25) is 0 Å². The summed E-state index contributed by atoms with van der Waals surface area (Å²) in [4.78, 5) is 12.3. The molecule has 7 nitrogen and oxygen atoms in total. The van der Waals surface area contributed by atoms with Crippen molar-refractivity contribution in [2.75, 3.05) is 25.8 Å². The summed E-state index contributed by atoms with van der Waals surface area (Å²) in [6.07, 6.45) is 0.868. The van der Waals surface area contributed by atoms with Crippen LogP contribution in [-0.4, -0.2) is 34.8 Å². The predicted molar refractivity (Wildman–Crippen MR) is 114 cm³/mol. The van der Waals surface area contributed by atoms with Crippen LogP contribution in [0.5, 0.6) is 23.0 Å². The van der Waals surface area contributed by atoms with Crippen LogP contribution in [0.15, 0.2) is 65.6 Å². The van der Waals surface area contributed by atoms with E-state index in [1.165, 1.54) is 20.3 Å². The first-order chi connectivity index (χ1) is 14.7. The lowest BCUT2D eigenvalue weighted by molar-refractivity contribution is 0.102. The number of carbonyl (C=O) groups excluding carboxylic acids is 1. The van der Waals surface area contributed by atoms with E-state index in [1.807, 2.05) is 0 Å². The van der Waals surface area contributed by atoms with Crippen molar-refractivity contribution in [3.05, 3.63) is 72.0 Å². The Labute approximate surface area is 179 Å². The van der Waals surface area contributed by atoms with Crippen LogP contribution in [0.1, 0.15) is 10.4 Å². The van der Waals surface area contributed by atoms with Gasteiger partial charge in [-0.05, 0) is 42.5 Å². The Kier molecular flexibility index (Phi) is 6.45. The number of methoxy groups -OCH3 is 2. The first-order valence-electron chi connectivity index (χ1n) is 9.03. The number of anilines is 1. The van der Waals surface area contributed by atoms with E-state index in [0.717, 1.165) is 18.4 Å². The molecule has 9 heteroatoms. The molecule has 0 unspecified atom stereocenters. The number of sulfone groups is 1. The lowest BCUT2D eigenvalue weighted by Crippen LogP contribution is -2.15. The van der Waals surface area contributed by atoms with Crippen LogP contribution in [0.2, 0.25) is 0 Å². The predicted octanol–water partition coefficient (Wildman–Crippen LogP) is 4.29. The second kappa shape index (κ2) is 9.05. The number of rotatable bonds is 7. The first-order valence-corrected chi connectivity index (χ1v) is 10.9. The van der Waals surface area contributed by atoms with E-state index in [0.29, 0.717) is 17.2 Å². The average Bonchev–Trinajstić information content (AvgIpc) is 2.74. The van der Waals surface area contributed by atoms with Gasteiger partial charge in [-0.2, -0.15) is 0 Å². The van der Waals surface area contributed by atoms with Gasteiger partial charge in [-0.1, -0.05) is 18.2 Å². The number of hydrogen-bond acceptors (Lipinski definition) is 6. The van der Waals surface area contributed by atoms with Crippen LogP contribution in [0, 0.1) is 5.82 Å². The van der Waals surface area contributed by atoms with Crippen molar-refractivity contribution in [1.82, 2.24) is 0 Å². The van der Waals surface area contributed by atoms with Gasteiger partial charge >= 0.3 is 0 Å². The third kappa shape index (κ3) is 4.95. The SMILES string of the molecule is COc1ccccc1Oc1cccc(OC)c1NC(=O)c1ccc(F)c(S(C)(=O)=O)c1. The number of benzene rings is 3. The summed E-state index contributed by atoms with van der Waals surface area (Å²) < 4.78 is 54.0. The Morgan fingerprint density at radius 1 is 0.871 bits per heavy atom. The summed E-state index contributed by atoms with van der Waals surface area (Å²) in [6.45, 7) is 0. The van der Waals surface area contributed by atoms with Gasteiger partial charge in [-0.25, -0.2) is 12.8 Å². The molecule has 0 aliphatic heterocycles. The number of ether oxygens (including phenoxy) is 3. The van der Waals surface area contributed by atoms with Gasteiger partial charge in [-0.15, -0.1) is 0 Å². The molecule has 0 fully saturated rings. The fraction of sp³-hybridized carbons (Fsp3) is 0.136. The third-order valence-electron chi connectivity index (χ3n) is 4.33. The van der Waals surface area contributed by atoms with Gasteiger partial charge < -0.3 is 19.5 Å². The molecule has 0 heterocycles. The highest BCUT2D eigenvalue weighted by molar-refractivity contribution is 7.90. The van der Waals surface area contributed by atoms with Crippen molar-refractivity contribution in [2.24, 2.45) is 0 Å². The minimum Gasteiger partial charge on any atom is -0.494 e. The molecule has 0 spiro atoms. The summed E-state index contributed by atoms with van der Waals surface area (Å²) >= 11 is 0. The van der Waals surface area contributed by atoms with Crippen molar-refractivity contribution in [1.29, 1.82) is 0 Å². The van der Waals surface area contributed by atoms with E-state index in [9.17, 15) is 17.6 Å². The molecule has 3 aromatic rings. The number of halogens is 1. The Balaban J connectivity index is 1.99. The van der Waals surface area contributed by atoms with Crippen LogP contribution < -0.4 is 19.5 Å². The number of amides is 1. The highest BCUT2D eigenvalue weighted by atomic mass is 32.2. The largest absolute Gasteiger partial charge is 0.494 e. The smallest absolute Gasteiger partial charge is 0.255 e. The van der Waals surface area contributed by atoms with Gasteiger partial charge in [0.05, 0.1) is 14.2 Å². The Hall–Kier alpha value is -3.59. The van der Waals surface area contributed by atoms with Crippen molar-refractivity contribution >= 4 is 21.4 Å². The van der Waals surface area contributed by atoms with Gasteiger partial charge in [0.1, 0.15) is 22.1 Å². The number of nitrogens with one attached hydrogen (secondary N) is 1. The third-order valence-corrected chi connectivity index (χ3v) is 5.44. The molecule has 0 atom stereocenters. The molecule has 1 amide bonds. The lowest BCUT2D eigenvalue weighted by Gasteiger charge is -2.17. The number of para-hydroxylation sites is 3. The van der Waals surface area contributed by atoms with Crippen LogP contribution in [0.3, 0.4) is 0 Å². The molecule has 0 aliphatic rings. The Morgan fingerprint density at radius 2 is 1.48 bits per heavy atom. The highest BCUT2D eigenvalue weighted by Gasteiger charge is 2.20. The van der Waals surface area contributed by atoms with E-state index >= 15 is 0 Å². The van der Waals surface area contributed by atoms with Crippen molar-refractivity contribution in [3.8, 4) is 23.0 Å². The average molecular weight is 445 g/mol. The molecule has 0 saturated carbocycles. The fourth-order valence-electron chi connectivity index (χ4n) is 2.83. The molecule has 3 aromatic carbocycles. The van der Waals surface area contributed by atoms with Gasteiger partial charge in [0.25, 0.3) is 5.91 Å². The van der Waals surface area contributed by atoms with E-state index < -0.39 is 26.5 Å². The Bertz CT molecular complexity index is 1230. The zero-order chi connectivity index (χ0) is 22.6. The molecule has 1 N–H and O–H groups in total. The molecular weight excluding hydrogens is 425 g/mol. The molecule has 31 heavy (non-hydrogen) atoms. The maximum Gasteiger partial charge on any atom is 0.255 e. The molecule has 0 saturated heterocycles. The van der Waals surface area contributed by atoms with Gasteiger partial charge in [0.15, 0.2) is 27.1 Å².